The Morgan fingerprint density at radius 2 is 1.49 bits per heavy atom. The van der Waals surface area contributed by atoms with Crippen LogP contribution in [0.2, 0.25) is 5.02 Å². The van der Waals surface area contributed by atoms with Gasteiger partial charge in [0.25, 0.3) is 21.8 Å². The standard InChI is InChI=1S/C28H27ClN2O5S/c1-19-11-12-20(2)25(18-19)31(37(35,36)22-15-13-21(29)14-16-22)26(32)10-4-3-7-17-30-27(33)23-8-5-6-9-24(23)28(30)34/h5-6,8-9,11-16,18H,3-4,7,10,17H2,1-2H3. The lowest BCUT2D eigenvalue weighted by atomic mass is 10.1. The Labute approximate surface area is 221 Å². The van der Waals surface area contributed by atoms with E-state index in [2.05, 4.69) is 0 Å². The van der Waals surface area contributed by atoms with Crippen molar-refractivity contribution in [3.8, 4) is 0 Å². The lowest BCUT2D eigenvalue weighted by molar-refractivity contribution is -0.117. The molecule has 9 heteroatoms. The van der Waals surface area contributed by atoms with Crippen molar-refractivity contribution >= 4 is 45.0 Å². The number of aryl methyl sites for hydroxylation is 2. The van der Waals surface area contributed by atoms with Crippen LogP contribution < -0.4 is 4.31 Å². The average molecular weight is 539 g/mol. The maximum atomic E-state index is 13.6. The number of carbonyl (C=O) groups excluding carboxylic acids is 3. The number of benzene rings is 3. The van der Waals surface area contributed by atoms with Crippen molar-refractivity contribution in [2.75, 3.05) is 10.8 Å². The largest absolute Gasteiger partial charge is 0.274 e. The van der Waals surface area contributed by atoms with E-state index in [9.17, 15) is 22.8 Å². The van der Waals surface area contributed by atoms with E-state index in [4.69, 9.17) is 11.6 Å². The van der Waals surface area contributed by atoms with Gasteiger partial charge in [-0.2, -0.15) is 0 Å². The van der Waals surface area contributed by atoms with Gasteiger partial charge in [0, 0.05) is 18.0 Å². The molecule has 0 saturated carbocycles. The Morgan fingerprint density at radius 1 is 0.865 bits per heavy atom. The number of imide groups is 1. The molecule has 0 N–H and O–H groups in total. The molecule has 3 aromatic rings. The SMILES string of the molecule is Cc1ccc(C)c(N(C(=O)CCCCCN2C(=O)c3ccccc3C2=O)S(=O)(=O)c2ccc(Cl)cc2)c1. The third-order valence-corrected chi connectivity index (χ3v) is 8.31. The number of hydrogen-bond donors (Lipinski definition) is 0. The summed E-state index contributed by atoms with van der Waals surface area (Å²) in [6, 6.07) is 17.7. The van der Waals surface area contributed by atoms with Crippen LogP contribution in [0.3, 0.4) is 0 Å². The fourth-order valence-electron chi connectivity index (χ4n) is 4.31. The van der Waals surface area contributed by atoms with Gasteiger partial charge < -0.3 is 0 Å². The third kappa shape index (κ3) is 5.45. The fourth-order valence-corrected chi connectivity index (χ4v) is 5.95. The molecule has 0 saturated heterocycles. The highest BCUT2D eigenvalue weighted by Gasteiger charge is 2.35. The first-order valence-corrected chi connectivity index (χ1v) is 13.8. The second-order valence-corrected chi connectivity index (χ2v) is 11.2. The number of carbonyl (C=O) groups is 3. The summed E-state index contributed by atoms with van der Waals surface area (Å²) in [6.45, 7) is 3.83. The molecule has 1 aliphatic heterocycles. The number of fused-ring (bicyclic) bond motifs is 1. The van der Waals surface area contributed by atoms with E-state index in [0.717, 1.165) is 9.87 Å². The number of unbranched alkanes of at least 4 members (excludes halogenated alkanes) is 2. The third-order valence-electron chi connectivity index (χ3n) is 6.31. The van der Waals surface area contributed by atoms with Crippen LogP contribution in [0.4, 0.5) is 5.69 Å². The number of halogens is 1. The number of amides is 3. The first-order valence-electron chi connectivity index (χ1n) is 12.0. The van der Waals surface area contributed by atoms with Gasteiger partial charge in [-0.3, -0.25) is 19.3 Å². The molecule has 0 spiro atoms. The zero-order valence-electron chi connectivity index (χ0n) is 20.6. The topological polar surface area (TPSA) is 91.8 Å². The molecule has 0 radical (unpaired) electrons. The molecule has 3 amide bonds. The Kier molecular flexibility index (Phi) is 7.80. The minimum atomic E-state index is -4.18. The number of sulfonamides is 1. The van der Waals surface area contributed by atoms with Gasteiger partial charge in [-0.1, -0.05) is 42.3 Å². The second-order valence-electron chi connectivity index (χ2n) is 9.03. The van der Waals surface area contributed by atoms with Crippen molar-refractivity contribution < 1.29 is 22.8 Å². The summed E-state index contributed by atoms with van der Waals surface area (Å²) in [4.78, 5) is 39.6. The molecule has 1 aliphatic rings. The molecule has 1 heterocycles. The predicted molar refractivity (Wildman–Crippen MR) is 142 cm³/mol. The Balaban J connectivity index is 1.45. The number of hydrogen-bond acceptors (Lipinski definition) is 5. The van der Waals surface area contributed by atoms with Gasteiger partial charge in [-0.15, -0.1) is 0 Å². The van der Waals surface area contributed by atoms with Crippen molar-refractivity contribution in [2.24, 2.45) is 0 Å². The van der Waals surface area contributed by atoms with Crippen LogP contribution in [-0.4, -0.2) is 37.6 Å². The van der Waals surface area contributed by atoms with Gasteiger partial charge in [0.2, 0.25) is 5.91 Å². The molecule has 7 nitrogen and oxygen atoms in total. The molecule has 0 atom stereocenters. The van der Waals surface area contributed by atoms with Crippen LogP contribution >= 0.6 is 11.6 Å². The molecule has 3 aromatic carbocycles. The molecule has 0 unspecified atom stereocenters. The number of nitrogens with zero attached hydrogens (tertiary/aromatic N) is 2. The van der Waals surface area contributed by atoms with Gasteiger partial charge in [0.05, 0.1) is 21.7 Å². The Hall–Kier alpha value is -3.49. The van der Waals surface area contributed by atoms with Crippen LogP contribution in [0.25, 0.3) is 0 Å². The molecule has 0 bridgehead atoms. The van der Waals surface area contributed by atoms with Gasteiger partial charge in [-0.05, 0) is 80.3 Å². The summed E-state index contributed by atoms with van der Waals surface area (Å²) in [7, 11) is -4.18. The predicted octanol–water partition coefficient (Wildman–Crippen LogP) is 5.54. The molecule has 37 heavy (non-hydrogen) atoms. The summed E-state index contributed by atoms with van der Waals surface area (Å²) >= 11 is 5.94. The van der Waals surface area contributed by atoms with Crippen molar-refractivity contribution in [1.29, 1.82) is 0 Å². The van der Waals surface area contributed by atoms with Crippen molar-refractivity contribution in [3.63, 3.8) is 0 Å². The summed E-state index contributed by atoms with van der Waals surface area (Å²) in [5, 5.41) is 0.390. The Bertz CT molecular complexity index is 1430. The van der Waals surface area contributed by atoms with Crippen LogP contribution in [0, 0.1) is 13.8 Å². The summed E-state index contributed by atoms with van der Waals surface area (Å²) < 4.78 is 28.0. The number of anilines is 1. The van der Waals surface area contributed by atoms with Crippen LogP contribution in [-0.2, 0) is 14.8 Å². The van der Waals surface area contributed by atoms with Gasteiger partial charge in [0.1, 0.15) is 0 Å². The zero-order chi connectivity index (χ0) is 26.7. The highest BCUT2D eigenvalue weighted by atomic mass is 35.5. The van der Waals surface area contributed by atoms with Gasteiger partial charge in [0.15, 0.2) is 0 Å². The zero-order valence-corrected chi connectivity index (χ0v) is 22.2. The maximum Gasteiger partial charge on any atom is 0.270 e. The molecule has 0 aromatic heterocycles. The lowest BCUT2D eigenvalue weighted by Gasteiger charge is -2.25. The van der Waals surface area contributed by atoms with E-state index in [-0.39, 0.29) is 29.7 Å². The normalized spacial score (nSPS) is 13.1. The highest BCUT2D eigenvalue weighted by molar-refractivity contribution is 7.93. The van der Waals surface area contributed by atoms with Crippen LogP contribution in [0.1, 0.15) is 57.5 Å². The van der Waals surface area contributed by atoms with E-state index in [0.29, 0.717) is 46.7 Å². The Morgan fingerprint density at radius 3 is 2.11 bits per heavy atom. The molecule has 0 fully saturated rings. The first kappa shape index (κ1) is 26.6. The maximum absolute atomic E-state index is 13.6. The minimum Gasteiger partial charge on any atom is -0.274 e. The highest BCUT2D eigenvalue weighted by Crippen LogP contribution is 2.30. The van der Waals surface area contributed by atoms with E-state index in [1.807, 2.05) is 13.0 Å². The average Bonchev–Trinajstić information content (AvgIpc) is 3.11. The first-order chi connectivity index (χ1) is 17.6. The van der Waals surface area contributed by atoms with Gasteiger partial charge in [-0.25, -0.2) is 12.7 Å². The molecule has 192 valence electrons. The van der Waals surface area contributed by atoms with Crippen molar-refractivity contribution in [1.82, 2.24) is 4.90 Å². The summed E-state index contributed by atoms with van der Waals surface area (Å²) in [5.41, 5.74) is 2.59. The second kappa shape index (κ2) is 10.9. The monoisotopic (exact) mass is 538 g/mol. The smallest absolute Gasteiger partial charge is 0.270 e. The summed E-state index contributed by atoms with van der Waals surface area (Å²) in [5.74, 6) is -1.18. The quantitative estimate of drug-likeness (QED) is 0.263. The van der Waals surface area contributed by atoms with Crippen LogP contribution in [0.15, 0.2) is 71.6 Å². The van der Waals surface area contributed by atoms with Gasteiger partial charge >= 0.3 is 0 Å². The van der Waals surface area contributed by atoms with Crippen LogP contribution in [0.5, 0.6) is 0 Å². The molecule has 4 rings (SSSR count). The van der Waals surface area contributed by atoms with E-state index < -0.39 is 15.9 Å². The minimum absolute atomic E-state index is 0.0116. The molecular formula is C28H27ClN2O5S. The van der Waals surface area contributed by atoms with Crippen molar-refractivity contribution in [3.05, 3.63) is 94.0 Å². The van der Waals surface area contributed by atoms with E-state index in [1.54, 1.807) is 43.3 Å². The fraction of sp³-hybridized carbons (Fsp3) is 0.250. The molecular weight excluding hydrogens is 512 g/mol. The summed E-state index contributed by atoms with van der Waals surface area (Å²) in [6.07, 6.45) is 1.44. The van der Waals surface area contributed by atoms with E-state index in [1.165, 1.54) is 29.2 Å². The molecule has 0 aliphatic carbocycles. The lowest BCUT2D eigenvalue weighted by Crippen LogP contribution is -2.37. The van der Waals surface area contributed by atoms with Crippen molar-refractivity contribution in [2.45, 2.75) is 44.4 Å². The number of rotatable bonds is 9. The van der Waals surface area contributed by atoms with E-state index >= 15 is 0 Å².